The first kappa shape index (κ1) is 18.5. The fourth-order valence-corrected chi connectivity index (χ4v) is 3.31. The molecule has 0 bridgehead atoms. The number of halogens is 3. The Hall–Kier alpha value is -2.32. The average Bonchev–Trinajstić information content (AvgIpc) is 2.90. The average molecular weight is 395 g/mol. The number of hydrogen-bond acceptors (Lipinski definition) is 4. The van der Waals surface area contributed by atoms with Gasteiger partial charge in [0.2, 0.25) is 0 Å². The summed E-state index contributed by atoms with van der Waals surface area (Å²) in [6.07, 6.45) is -2.71. The summed E-state index contributed by atoms with van der Waals surface area (Å²) in [4.78, 5) is 12.2. The Kier molecular flexibility index (Phi) is 5.33. The topological polar surface area (TPSA) is 38.3 Å². The van der Waals surface area contributed by atoms with Crippen LogP contribution in [0.5, 0.6) is 5.75 Å². The molecule has 2 aromatic carbocycles. The molecule has 1 amide bonds. The Bertz CT molecular complexity index is 894. The third-order valence-electron chi connectivity index (χ3n) is 3.46. The van der Waals surface area contributed by atoms with Gasteiger partial charge in [-0.2, -0.15) is 13.2 Å². The SMILES string of the molecule is O=C1NC(=S)SC1=Cc1cccc(OCc2cccc(C(F)(F)F)c2)c1. The number of alkyl halides is 3. The van der Waals surface area contributed by atoms with Crippen molar-refractivity contribution in [1.82, 2.24) is 5.32 Å². The molecule has 3 nitrogen and oxygen atoms in total. The molecule has 1 aliphatic heterocycles. The lowest BCUT2D eigenvalue weighted by molar-refractivity contribution is -0.137. The number of ether oxygens (including phenoxy) is 1. The van der Waals surface area contributed by atoms with Crippen LogP contribution in [-0.2, 0) is 17.6 Å². The summed E-state index contributed by atoms with van der Waals surface area (Å²) in [5, 5.41) is 2.53. The van der Waals surface area contributed by atoms with E-state index < -0.39 is 11.7 Å². The van der Waals surface area contributed by atoms with Crippen molar-refractivity contribution in [2.75, 3.05) is 0 Å². The Morgan fingerprint density at radius 1 is 1.15 bits per heavy atom. The molecule has 2 aromatic rings. The second-order valence-corrected chi connectivity index (χ2v) is 7.13. The van der Waals surface area contributed by atoms with E-state index in [1.807, 2.05) is 0 Å². The maximum Gasteiger partial charge on any atom is 0.416 e. The lowest BCUT2D eigenvalue weighted by Crippen LogP contribution is -2.17. The number of carbonyl (C=O) groups excluding carboxylic acids is 1. The van der Waals surface area contributed by atoms with Crippen molar-refractivity contribution in [1.29, 1.82) is 0 Å². The monoisotopic (exact) mass is 395 g/mol. The van der Waals surface area contributed by atoms with Crippen molar-refractivity contribution in [3.05, 3.63) is 70.1 Å². The minimum Gasteiger partial charge on any atom is -0.489 e. The fraction of sp³-hybridized carbons (Fsp3) is 0.111. The van der Waals surface area contributed by atoms with E-state index >= 15 is 0 Å². The molecular weight excluding hydrogens is 383 g/mol. The van der Waals surface area contributed by atoms with Crippen LogP contribution < -0.4 is 10.1 Å². The number of amides is 1. The van der Waals surface area contributed by atoms with Crippen LogP contribution in [0.25, 0.3) is 6.08 Å². The van der Waals surface area contributed by atoms with Crippen LogP contribution in [0.4, 0.5) is 13.2 Å². The minimum atomic E-state index is -4.39. The Morgan fingerprint density at radius 3 is 2.62 bits per heavy atom. The highest BCUT2D eigenvalue weighted by Gasteiger charge is 2.30. The summed E-state index contributed by atoms with van der Waals surface area (Å²) < 4.78 is 44.2. The van der Waals surface area contributed by atoms with Gasteiger partial charge in [-0.15, -0.1) is 0 Å². The highest BCUT2D eigenvalue weighted by atomic mass is 32.2. The Balaban J connectivity index is 1.71. The maximum atomic E-state index is 12.7. The molecule has 0 aromatic heterocycles. The van der Waals surface area contributed by atoms with Gasteiger partial charge in [0.15, 0.2) is 0 Å². The molecule has 0 unspecified atom stereocenters. The lowest BCUT2D eigenvalue weighted by Gasteiger charge is -2.10. The van der Waals surface area contributed by atoms with E-state index in [4.69, 9.17) is 17.0 Å². The van der Waals surface area contributed by atoms with Crippen molar-refractivity contribution in [2.45, 2.75) is 12.8 Å². The molecule has 26 heavy (non-hydrogen) atoms. The number of rotatable bonds is 4. The molecule has 1 aliphatic rings. The summed E-state index contributed by atoms with van der Waals surface area (Å²) in [6, 6.07) is 11.9. The van der Waals surface area contributed by atoms with Crippen LogP contribution in [0, 0.1) is 0 Å². The number of carbonyl (C=O) groups is 1. The zero-order chi connectivity index (χ0) is 18.7. The predicted molar refractivity (Wildman–Crippen MR) is 98.5 cm³/mol. The Morgan fingerprint density at radius 2 is 1.92 bits per heavy atom. The standard InChI is InChI=1S/C18H12F3NO2S2/c19-18(20,21)13-5-1-4-12(7-13)10-24-14-6-2-3-11(8-14)9-15-16(23)22-17(25)26-15/h1-9H,10H2,(H,22,23,25). The normalized spacial score (nSPS) is 16.0. The second kappa shape index (κ2) is 7.51. The highest BCUT2D eigenvalue weighted by Crippen LogP contribution is 2.30. The number of nitrogens with one attached hydrogen (secondary N) is 1. The summed E-state index contributed by atoms with van der Waals surface area (Å²) in [7, 11) is 0. The highest BCUT2D eigenvalue weighted by molar-refractivity contribution is 8.26. The molecule has 1 saturated heterocycles. The van der Waals surface area contributed by atoms with Crippen LogP contribution >= 0.6 is 24.0 Å². The van der Waals surface area contributed by atoms with Gasteiger partial charge in [0, 0.05) is 0 Å². The maximum absolute atomic E-state index is 12.7. The van der Waals surface area contributed by atoms with Crippen molar-refractivity contribution >= 4 is 40.3 Å². The fourth-order valence-electron chi connectivity index (χ4n) is 2.27. The van der Waals surface area contributed by atoms with Gasteiger partial charge in [-0.3, -0.25) is 4.79 Å². The van der Waals surface area contributed by atoms with Gasteiger partial charge in [0.05, 0.1) is 10.5 Å². The molecule has 1 N–H and O–H groups in total. The number of hydrogen-bond donors (Lipinski definition) is 1. The molecule has 0 spiro atoms. The smallest absolute Gasteiger partial charge is 0.416 e. The molecular formula is C18H12F3NO2S2. The van der Waals surface area contributed by atoms with Crippen LogP contribution in [0.3, 0.4) is 0 Å². The number of thioether (sulfide) groups is 1. The lowest BCUT2D eigenvalue weighted by atomic mass is 10.1. The van der Waals surface area contributed by atoms with Crippen LogP contribution in [-0.4, -0.2) is 10.2 Å². The molecule has 1 fully saturated rings. The summed E-state index contributed by atoms with van der Waals surface area (Å²) in [5.41, 5.74) is 0.436. The first-order valence-corrected chi connectivity index (χ1v) is 8.67. The first-order valence-electron chi connectivity index (χ1n) is 7.45. The molecule has 134 valence electrons. The van der Waals surface area contributed by atoms with Crippen LogP contribution in [0.2, 0.25) is 0 Å². The molecule has 0 saturated carbocycles. The summed E-state index contributed by atoms with van der Waals surface area (Å²) in [5.74, 6) is 0.234. The quantitative estimate of drug-likeness (QED) is 0.598. The van der Waals surface area contributed by atoms with Gasteiger partial charge < -0.3 is 10.1 Å². The van der Waals surface area contributed by atoms with Crippen LogP contribution in [0.1, 0.15) is 16.7 Å². The van der Waals surface area contributed by atoms with Gasteiger partial charge in [0.25, 0.3) is 5.91 Å². The van der Waals surface area contributed by atoms with Gasteiger partial charge in [-0.1, -0.05) is 48.2 Å². The van der Waals surface area contributed by atoms with E-state index in [1.165, 1.54) is 17.8 Å². The first-order chi connectivity index (χ1) is 12.3. The van der Waals surface area contributed by atoms with Crippen molar-refractivity contribution in [2.24, 2.45) is 0 Å². The molecule has 1 heterocycles. The van der Waals surface area contributed by atoms with Gasteiger partial charge >= 0.3 is 6.18 Å². The summed E-state index contributed by atoms with van der Waals surface area (Å²) >= 11 is 6.11. The number of thiocarbonyl (C=S) groups is 1. The Labute approximate surface area is 157 Å². The van der Waals surface area contributed by atoms with E-state index in [9.17, 15) is 18.0 Å². The van der Waals surface area contributed by atoms with E-state index in [-0.39, 0.29) is 12.5 Å². The second-order valence-electron chi connectivity index (χ2n) is 5.41. The van der Waals surface area contributed by atoms with Crippen molar-refractivity contribution < 1.29 is 22.7 Å². The third-order valence-corrected chi connectivity index (χ3v) is 4.62. The molecule has 8 heteroatoms. The van der Waals surface area contributed by atoms with E-state index in [2.05, 4.69) is 5.32 Å². The third kappa shape index (κ3) is 4.64. The zero-order valence-corrected chi connectivity index (χ0v) is 14.8. The van der Waals surface area contributed by atoms with Crippen LogP contribution in [0.15, 0.2) is 53.4 Å². The molecule has 0 radical (unpaired) electrons. The molecule has 0 aliphatic carbocycles. The molecule has 0 atom stereocenters. The van der Waals surface area contributed by atoms with E-state index in [1.54, 1.807) is 36.4 Å². The van der Waals surface area contributed by atoms with E-state index in [0.29, 0.717) is 20.5 Å². The van der Waals surface area contributed by atoms with Gasteiger partial charge in [-0.25, -0.2) is 0 Å². The van der Waals surface area contributed by atoms with Crippen molar-refractivity contribution in [3.8, 4) is 5.75 Å². The van der Waals surface area contributed by atoms with Gasteiger partial charge in [-0.05, 0) is 41.5 Å². The van der Waals surface area contributed by atoms with Crippen molar-refractivity contribution in [3.63, 3.8) is 0 Å². The summed E-state index contributed by atoms with van der Waals surface area (Å²) in [6.45, 7) is 0.00324. The van der Waals surface area contributed by atoms with Gasteiger partial charge in [0.1, 0.15) is 16.7 Å². The number of benzene rings is 2. The minimum absolute atomic E-state index is 0.00324. The molecule has 3 rings (SSSR count). The largest absolute Gasteiger partial charge is 0.489 e. The zero-order valence-electron chi connectivity index (χ0n) is 13.2. The van der Waals surface area contributed by atoms with E-state index in [0.717, 1.165) is 17.7 Å². The predicted octanol–water partition coefficient (Wildman–Crippen LogP) is 4.77.